The molecule has 0 spiro atoms. The number of esters is 1. The molecule has 0 bridgehead atoms. The molecule has 1 unspecified atom stereocenters. The molecule has 3 aromatic rings. The Morgan fingerprint density at radius 3 is 2.77 bits per heavy atom. The third-order valence-electron chi connectivity index (χ3n) is 10.5. The molecule has 0 aliphatic heterocycles. The molecule has 9 nitrogen and oxygen atoms in total. The number of hydrogen-bond donors (Lipinski definition) is 1. The van der Waals surface area contributed by atoms with Crippen LogP contribution in [-0.4, -0.2) is 59.3 Å². The van der Waals surface area contributed by atoms with Gasteiger partial charge in [-0.2, -0.15) is 9.49 Å². The van der Waals surface area contributed by atoms with Crippen molar-refractivity contribution in [2.24, 2.45) is 23.7 Å². The predicted octanol–water partition coefficient (Wildman–Crippen LogP) is 5.51. The van der Waals surface area contributed by atoms with Crippen LogP contribution in [0.4, 0.5) is 13.2 Å². The number of aromatic nitrogens is 4. The van der Waals surface area contributed by atoms with Crippen LogP contribution in [0.1, 0.15) is 72.4 Å². The van der Waals surface area contributed by atoms with Gasteiger partial charge in [0.1, 0.15) is 17.9 Å². The van der Waals surface area contributed by atoms with E-state index < -0.39 is 58.2 Å². The first-order valence-corrected chi connectivity index (χ1v) is 15.7. The van der Waals surface area contributed by atoms with Crippen molar-refractivity contribution in [2.45, 2.75) is 69.2 Å². The second-order valence-corrected chi connectivity index (χ2v) is 13.2. The number of alkyl halides is 2. The van der Waals surface area contributed by atoms with Crippen LogP contribution >= 0.6 is 11.8 Å². The lowest BCUT2D eigenvalue weighted by molar-refractivity contribution is -0.177. The first-order valence-electron chi connectivity index (χ1n) is 14.7. The quantitative estimate of drug-likeness (QED) is 0.288. The van der Waals surface area contributed by atoms with Gasteiger partial charge in [0.15, 0.2) is 17.7 Å². The third-order valence-corrected chi connectivity index (χ3v) is 11.2. The normalized spacial score (nSPS) is 33.9. The molecule has 7 rings (SSSR count). The van der Waals surface area contributed by atoms with Crippen LogP contribution in [0.3, 0.4) is 0 Å². The van der Waals surface area contributed by atoms with Gasteiger partial charge in [-0.05, 0) is 86.8 Å². The molecule has 8 atom stereocenters. The number of carbonyl (C=O) groups is 2. The number of oxazole rings is 1. The van der Waals surface area contributed by atoms with Crippen molar-refractivity contribution in [3.05, 3.63) is 65.2 Å². The number of allylic oxidation sites excluding steroid dienone is 1. The van der Waals surface area contributed by atoms with Crippen LogP contribution in [-0.2, 0) is 9.53 Å². The van der Waals surface area contributed by atoms with Gasteiger partial charge in [0.25, 0.3) is 0 Å². The number of aryl methyl sites for hydroxylation is 1. The SMILES string of the molecule is Cc1nn(-c2ccc(F)nc2)c2c1C(C)[C@H]1C(=C2)CC[C@H]2[C@H]3CC[C@](OC(=O)c4cocn4)(C(=O)SCF)[C@H]3C[C@H](O)[C@]12F. The Morgan fingerprint density at radius 2 is 2.07 bits per heavy atom. The van der Waals surface area contributed by atoms with Gasteiger partial charge in [-0.25, -0.2) is 28.2 Å². The van der Waals surface area contributed by atoms with E-state index >= 15 is 4.39 Å². The summed E-state index contributed by atoms with van der Waals surface area (Å²) in [6, 6.07) is 1.85. The maximum Gasteiger partial charge on any atom is 0.361 e. The van der Waals surface area contributed by atoms with Crippen LogP contribution < -0.4 is 0 Å². The number of thioether (sulfide) groups is 1. The van der Waals surface area contributed by atoms with E-state index in [1.165, 1.54) is 12.3 Å². The Labute approximate surface area is 255 Å². The zero-order chi connectivity index (χ0) is 31.0. The second kappa shape index (κ2) is 10.6. The van der Waals surface area contributed by atoms with Crippen molar-refractivity contribution in [1.29, 1.82) is 0 Å². The summed E-state index contributed by atoms with van der Waals surface area (Å²) in [7, 11) is 0. The lowest BCUT2D eigenvalue weighted by Gasteiger charge is -2.57. The van der Waals surface area contributed by atoms with E-state index in [9.17, 15) is 23.5 Å². The maximum atomic E-state index is 17.9. The number of ether oxygens (including phenoxy) is 1. The van der Waals surface area contributed by atoms with Gasteiger partial charge in [-0.3, -0.25) is 4.79 Å². The highest BCUT2D eigenvalue weighted by Crippen LogP contribution is 2.65. The predicted molar refractivity (Wildman–Crippen MR) is 153 cm³/mol. The smallest absolute Gasteiger partial charge is 0.361 e. The Hall–Kier alpha value is -3.45. The van der Waals surface area contributed by atoms with Crippen molar-refractivity contribution in [1.82, 2.24) is 19.7 Å². The lowest BCUT2D eigenvalue weighted by Crippen LogP contribution is -2.63. The van der Waals surface area contributed by atoms with E-state index in [2.05, 4.69) is 9.97 Å². The van der Waals surface area contributed by atoms with Gasteiger partial charge < -0.3 is 14.3 Å². The summed E-state index contributed by atoms with van der Waals surface area (Å²) in [5.74, 6) is -4.15. The highest BCUT2D eigenvalue weighted by Gasteiger charge is 2.69. The van der Waals surface area contributed by atoms with Gasteiger partial charge in [0, 0.05) is 17.4 Å². The number of fused-ring (bicyclic) bond motifs is 6. The van der Waals surface area contributed by atoms with Crippen LogP contribution in [0.2, 0.25) is 0 Å². The number of aliphatic hydroxyl groups is 1. The maximum absolute atomic E-state index is 17.9. The van der Waals surface area contributed by atoms with Crippen molar-refractivity contribution >= 4 is 28.9 Å². The fraction of sp³-hybridized carbons (Fsp3) is 0.516. The molecule has 0 aromatic carbocycles. The molecule has 1 N–H and O–H groups in total. The number of aliphatic hydroxyl groups excluding tert-OH is 1. The molecule has 4 aliphatic rings. The molecule has 3 aromatic heterocycles. The molecule has 3 saturated carbocycles. The lowest BCUT2D eigenvalue weighted by atomic mass is 9.50. The van der Waals surface area contributed by atoms with E-state index in [1.54, 1.807) is 10.7 Å². The average Bonchev–Trinajstić information content (AvgIpc) is 3.73. The van der Waals surface area contributed by atoms with Gasteiger partial charge in [0.2, 0.25) is 11.1 Å². The summed E-state index contributed by atoms with van der Waals surface area (Å²) < 4.78 is 57.3. The van der Waals surface area contributed by atoms with Crippen molar-refractivity contribution in [2.75, 3.05) is 6.01 Å². The van der Waals surface area contributed by atoms with Crippen LogP contribution in [0.5, 0.6) is 0 Å². The zero-order valence-electron chi connectivity index (χ0n) is 24.1. The number of carbonyl (C=O) groups excluding carboxylic acids is 2. The van der Waals surface area contributed by atoms with Crippen molar-refractivity contribution in [3.63, 3.8) is 0 Å². The molecule has 0 amide bonds. The molecule has 3 fully saturated rings. The number of nitrogens with zero attached hydrogens (tertiary/aromatic N) is 4. The summed E-state index contributed by atoms with van der Waals surface area (Å²) in [4.78, 5) is 34.0. The van der Waals surface area contributed by atoms with Crippen molar-refractivity contribution in [3.8, 4) is 5.69 Å². The fourth-order valence-electron chi connectivity index (χ4n) is 8.87. The third kappa shape index (κ3) is 4.14. The molecule has 44 heavy (non-hydrogen) atoms. The Bertz CT molecular complexity index is 1650. The van der Waals surface area contributed by atoms with Gasteiger partial charge in [-0.1, -0.05) is 12.5 Å². The largest absolute Gasteiger partial charge is 0.451 e. The van der Waals surface area contributed by atoms with E-state index in [4.69, 9.17) is 14.3 Å². The van der Waals surface area contributed by atoms with E-state index in [0.29, 0.717) is 42.4 Å². The minimum Gasteiger partial charge on any atom is -0.451 e. The van der Waals surface area contributed by atoms with Crippen LogP contribution in [0.25, 0.3) is 11.8 Å². The Kier molecular flexibility index (Phi) is 7.04. The highest BCUT2D eigenvalue weighted by atomic mass is 32.2. The van der Waals surface area contributed by atoms with Gasteiger partial charge in [0.05, 0.1) is 29.4 Å². The fourth-order valence-corrected chi connectivity index (χ4v) is 9.51. The van der Waals surface area contributed by atoms with Crippen LogP contribution in [0, 0.1) is 36.5 Å². The molecule has 3 heterocycles. The topological polar surface area (TPSA) is 120 Å². The van der Waals surface area contributed by atoms with E-state index in [-0.39, 0.29) is 30.4 Å². The number of halogens is 3. The van der Waals surface area contributed by atoms with Crippen molar-refractivity contribution < 1.29 is 37.0 Å². The first kappa shape index (κ1) is 29.3. The second-order valence-electron chi connectivity index (χ2n) is 12.3. The monoisotopic (exact) mass is 628 g/mol. The number of hydrogen-bond acceptors (Lipinski definition) is 9. The van der Waals surface area contributed by atoms with Gasteiger partial charge in [-0.15, -0.1) is 0 Å². The Balaban J connectivity index is 1.25. The standard InChI is InChI=1S/C31H31F3N4O5S/c1-15-26-16(2)37-38(18-4-6-25(33)35-11-18)23(26)9-17-3-5-20-19-7-8-30(29(41)44-13-32,43-28(40)22-12-42-14-36-22)21(19)10-24(39)31(20,34)27(15)17/h4,6,9,11-12,14-15,19-21,24,27,39H,3,5,7-8,10,13H2,1-2H3/t15?,19-,20+,21+,24+,27+,30-,31+/m1/s1. The average molecular weight is 629 g/mol. The number of pyridine rings is 1. The zero-order valence-corrected chi connectivity index (χ0v) is 24.9. The highest BCUT2D eigenvalue weighted by molar-refractivity contribution is 8.13. The minimum atomic E-state index is -2.02. The van der Waals surface area contributed by atoms with Gasteiger partial charge >= 0.3 is 5.97 Å². The minimum absolute atomic E-state index is 0.0989. The van der Waals surface area contributed by atoms with E-state index in [0.717, 1.165) is 29.5 Å². The first-order chi connectivity index (χ1) is 21.1. The summed E-state index contributed by atoms with van der Waals surface area (Å²) in [6.07, 6.45) is 5.39. The number of rotatable bonds is 5. The van der Waals surface area contributed by atoms with E-state index in [1.807, 2.05) is 19.9 Å². The summed E-state index contributed by atoms with van der Waals surface area (Å²) in [5, 5.41) is 15.8. The molecule has 13 heteroatoms. The molecule has 0 saturated heterocycles. The Morgan fingerprint density at radius 1 is 1.25 bits per heavy atom. The van der Waals surface area contributed by atoms with Crippen LogP contribution in [0.15, 0.2) is 41.0 Å². The molecule has 232 valence electrons. The molecular formula is C31H31F3N4O5S. The summed E-state index contributed by atoms with van der Waals surface area (Å²) >= 11 is 0.420. The summed E-state index contributed by atoms with van der Waals surface area (Å²) in [6.45, 7) is 3.80. The molecule has 0 radical (unpaired) electrons. The summed E-state index contributed by atoms with van der Waals surface area (Å²) in [5.41, 5.74) is -0.0774. The molecule has 4 aliphatic carbocycles. The molecular weight excluding hydrogens is 597 g/mol.